The maximum Gasteiger partial charge on any atom is 0.255 e. The molecule has 1 N–H and O–H groups in total. The zero-order chi connectivity index (χ0) is 21.8. The summed E-state index contributed by atoms with van der Waals surface area (Å²) in [6.45, 7) is 0. The molecule has 0 radical (unpaired) electrons. The van der Waals surface area contributed by atoms with Crippen LogP contribution in [0.25, 0.3) is 16.9 Å². The van der Waals surface area contributed by atoms with Crippen LogP contribution in [0, 0.1) is 0 Å². The molecule has 3 aromatic carbocycles. The molecular weight excluding hydrogens is 460 g/mol. The molecule has 0 bridgehead atoms. The Labute approximate surface area is 187 Å². The number of carbonyl (C=O) groups is 1. The first-order chi connectivity index (χ1) is 15.1. The summed E-state index contributed by atoms with van der Waals surface area (Å²) < 4.78 is 12.9. The van der Waals surface area contributed by atoms with E-state index >= 15 is 0 Å². The second-order valence-corrected chi connectivity index (χ2v) is 7.57. The first-order valence-electron chi connectivity index (χ1n) is 9.39. The van der Waals surface area contributed by atoms with Crippen molar-refractivity contribution in [1.29, 1.82) is 0 Å². The van der Waals surface area contributed by atoms with E-state index in [1.165, 1.54) is 0 Å². The van der Waals surface area contributed by atoms with E-state index < -0.39 is 0 Å². The molecule has 1 heterocycles. The van der Waals surface area contributed by atoms with E-state index in [9.17, 15) is 4.79 Å². The molecule has 0 saturated carbocycles. The van der Waals surface area contributed by atoms with Gasteiger partial charge in [0.1, 0.15) is 17.2 Å². The molecule has 0 atom stereocenters. The maximum absolute atomic E-state index is 12.6. The Balaban J connectivity index is 1.48. The Bertz CT molecular complexity index is 1200. The summed E-state index contributed by atoms with van der Waals surface area (Å²) >= 11 is 3.39. The average Bonchev–Trinajstić information content (AvgIpc) is 3.29. The highest BCUT2D eigenvalue weighted by Gasteiger charge is 2.10. The minimum absolute atomic E-state index is 0.224. The van der Waals surface area contributed by atoms with Gasteiger partial charge in [-0.25, -0.2) is 4.68 Å². The van der Waals surface area contributed by atoms with Gasteiger partial charge in [-0.3, -0.25) is 4.79 Å². The quantitative estimate of drug-likeness (QED) is 0.423. The second kappa shape index (κ2) is 9.01. The van der Waals surface area contributed by atoms with E-state index in [4.69, 9.17) is 9.47 Å². The summed E-state index contributed by atoms with van der Waals surface area (Å²) in [5.41, 5.74) is 3.67. The van der Waals surface area contributed by atoms with Crippen molar-refractivity contribution in [3.8, 4) is 28.4 Å². The lowest BCUT2D eigenvalue weighted by Crippen LogP contribution is -2.12. The molecule has 0 saturated heterocycles. The highest BCUT2D eigenvalue weighted by atomic mass is 79.9. The predicted molar refractivity (Wildman–Crippen MR) is 122 cm³/mol. The number of hydrogen-bond acceptors (Lipinski definition) is 5. The molecule has 156 valence electrons. The van der Waals surface area contributed by atoms with Gasteiger partial charge < -0.3 is 14.8 Å². The van der Waals surface area contributed by atoms with Crippen molar-refractivity contribution in [3.63, 3.8) is 0 Å². The predicted octanol–water partition coefficient (Wildman–Crippen LogP) is 4.97. The number of nitrogens with one attached hydrogen (secondary N) is 1. The van der Waals surface area contributed by atoms with Crippen LogP contribution in [0.4, 0.5) is 5.69 Å². The average molecular weight is 479 g/mol. The van der Waals surface area contributed by atoms with E-state index in [-0.39, 0.29) is 5.91 Å². The lowest BCUT2D eigenvalue weighted by molar-refractivity contribution is 0.102. The molecule has 0 aliphatic rings. The molecule has 8 heteroatoms. The van der Waals surface area contributed by atoms with Crippen LogP contribution >= 0.6 is 15.9 Å². The largest absolute Gasteiger partial charge is 0.497 e. The number of carbonyl (C=O) groups excluding carboxylic acids is 1. The summed E-state index contributed by atoms with van der Waals surface area (Å²) in [6, 6.07) is 20.2. The van der Waals surface area contributed by atoms with Crippen LogP contribution in [-0.4, -0.2) is 35.1 Å². The number of halogens is 1. The van der Waals surface area contributed by atoms with Gasteiger partial charge in [0.05, 0.1) is 26.1 Å². The summed E-state index contributed by atoms with van der Waals surface area (Å²) in [5, 5.41) is 11.3. The third kappa shape index (κ3) is 4.75. The fraction of sp³-hybridized carbons (Fsp3) is 0.0870. The number of nitrogens with zero attached hydrogens (tertiary/aromatic N) is 3. The fourth-order valence-electron chi connectivity index (χ4n) is 3.00. The molecular formula is C23H19BrN4O3. The third-order valence-corrected chi connectivity index (χ3v) is 5.10. The fourth-order valence-corrected chi connectivity index (χ4v) is 3.47. The van der Waals surface area contributed by atoms with Gasteiger partial charge in [0.2, 0.25) is 0 Å². The summed E-state index contributed by atoms with van der Waals surface area (Å²) in [5.74, 6) is 1.16. The van der Waals surface area contributed by atoms with Crippen LogP contribution < -0.4 is 14.8 Å². The van der Waals surface area contributed by atoms with Crippen LogP contribution in [0.2, 0.25) is 0 Å². The molecule has 31 heavy (non-hydrogen) atoms. The minimum atomic E-state index is -0.224. The van der Waals surface area contributed by atoms with E-state index in [1.54, 1.807) is 37.1 Å². The molecule has 7 nitrogen and oxygen atoms in total. The highest BCUT2D eigenvalue weighted by Crippen LogP contribution is 2.24. The van der Waals surface area contributed by atoms with Crippen LogP contribution in [-0.2, 0) is 0 Å². The number of benzene rings is 3. The smallest absolute Gasteiger partial charge is 0.255 e. The van der Waals surface area contributed by atoms with Crippen LogP contribution in [0.1, 0.15) is 10.4 Å². The van der Waals surface area contributed by atoms with Crippen molar-refractivity contribution in [3.05, 3.63) is 83.0 Å². The topological polar surface area (TPSA) is 78.3 Å². The van der Waals surface area contributed by atoms with Gasteiger partial charge in [0.15, 0.2) is 0 Å². The number of anilines is 1. The van der Waals surface area contributed by atoms with E-state index in [0.29, 0.717) is 17.0 Å². The second-order valence-electron chi connectivity index (χ2n) is 6.66. The zero-order valence-corrected chi connectivity index (χ0v) is 18.5. The molecule has 1 amide bonds. The Kier molecular flexibility index (Phi) is 5.99. The molecule has 0 aliphatic carbocycles. The number of rotatable bonds is 6. The van der Waals surface area contributed by atoms with E-state index in [2.05, 4.69) is 31.6 Å². The Morgan fingerprint density at radius 1 is 0.935 bits per heavy atom. The summed E-state index contributed by atoms with van der Waals surface area (Å²) in [4.78, 5) is 12.6. The molecule has 0 spiro atoms. The monoisotopic (exact) mass is 478 g/mol. The molecule has 4 aromatic rings. The molecule has 0 fully saturated rings. The van der Waals surface area contributed by atoms with Gasteiger partial charge in [-0.15, -0.1) is 5.10 Å². The van der Waals surface area contributed by atoms with Crippen molar-refractivity contribution < 1.29 is 14.3 Å². The van der Waals surface area contributed by atoms with Gasteiger partial charge in [0.25, 0.3) is 5.91 Å². The Morgan fingerprint density at radius 2 is 1.65 bits per heavy atom. The van der Waals surface area contributed by atoms with E-state index in [1.807, 2.05) is 54.7 Å². The maximum atomic E-state index is 12.6. The van der Waals surface area contributed by atoms with Gasteiger partial charge in [0, 0.05) is 21.3 Å². The number of hydrogen-bond donors (Lipinski definition) is 1. The van der Waals surface area contributed by atoms with Crippen molar-refractivity contribution in [2.24, 2.45) is 0 Å². The normalized spacial score (nSPS) is 10.5. The van der Waals surface area contributed by atoms with Gasteiger partial charge in [-0.2, -0.15) is 0 Å². The lowest BCUT2D eigenvalue weighted by atomic mass is 10.1. The number of amides is 1. The first kappa shape index (κ1) is 20.6. The molecule has 0 aliphatic heterocycles. The lowest BCUT2D eigenvalue weighted by Gasteiger charge is -2.08. The summed E-state index contributed by atoms with van der Waals surface area (Å²) in [7, 11) is 3.19. The Hall–Kier alpha value is -3.65. The summed E-state index contributed by atoms with van der Waals surface area (Å²) in [6.07, 6.45) is 1.85. The first-order valence-corrected chi connectivity index (χ1v) is 10.2. The molecule has 4 rings (SSSR count). The number of ether oxygens (including phenoxy) is 2. The van der Waals surface area contributed by atoms with Crippen LogP contribution in [0.5, 0.6) is 11.5 Å². The SMILES string of the molecule is COc1ccc(-n2cc(-c3ccc(NC(=O)c4cc(Br)cc(OC)c4)cc3)nn2)cc1. The Morgan fingerprint density at radius 3 is 2.32 bits per heavy atom. The van der Waals surface area contributed by atoms with Crippen molar-refractivity contribution in [2.75, 3.05) is 19.5 Å². The van der Waals surface area contributed by atoms with Crippen molar-refractivity contribution in [1.82, 2.24) is 15.0 Å². The van der Waals surface area contributed by atoms with Gasteiger partial charge in [-0.1, -0.05) is 33.3 Å². The van der Waals surface area contributed by atoms with E-state index in [0.717, 1.165) is 27.2 Å². The van der Waals surface area contributed by atoms with Crippen LogP contribution in [0.3, 0.4) is 0 Å². The van der Waals surface area contributed by atoms with Crippen LogP contribution in [0.15, 0.2) is 77.4 Å². The molecule has 1 aromatic heterocycles. The molecule has 0 unspecified atom stereocenters. The van der Waals surface area contributed by atoms with Gasteiger partial charge in [-0.05, 0) is 54.6 Å². The van der Waals surface area contributed by atoms with Crippen molar-refractivity contribution in [2.45, 2.75) is 0 Å². The third-order valence-electron chi connectivity index (χ3n) is 4.64. The minimum Gasteiger partial charge on any atom is -0.497 e. The standard InChI is InChI=1S/C23H19BrN4O3/c1-30-20-9-7-19(8-10-20)28-14-22(26-27-28)15-3-5-18(6-4-15)25-23(29)16-11-17(24)13-21(12-16)31-2/h3-14H,1-2H3,(H,25,29). The van der Waals surface area contributed by atoms with Gasteiger partial charge >= 0.3 is 0 Å². The highest BCUT2D eigenvalue weighted by molar-refractivity contribution is 9.10. The zero-order valence-electron chi connectivity index (χ0n) is 16.9. The number of aromatic nitrogens is 3. The number of methoxy groups -OCH3 is 2. The van der Waals surface area contributed by atoms with Crippen molar-refractivity contribution >= 4 is 27.5 Å².